The number of benzene rings is 1. The molecule has 5 nitrogen and oxygen atoms in total. The van der Waals surface area contributed by atoms with Crippen LogP contribution in [-0.4, -0.2) is 35.9 Å². The van der Waals surface area contributed by atoms with Gasteiger partial charge < -0.3 is 19.5 Å². The molecule has 0 bridgehead atoms. The summed E-state index contributed by atoms with van der Waals surface area (Å²) in [6.45, 7) is 2.84. The molecule has 2 N–H and O–H groups in total. The average Bonchev–Trinajstić information content (AvgIpc) is 2.88. The van der Waals surface area contributed by atoms with E-state index in [1.54, 1.807) is 36.6 Å². The first kappa shape index (κ1) is 16.0. The van der Waals surface area contributed by atoms with Gasteiger partial charge in [-0.3, -0.25) is 0 Å². The van der Waals surface area contributed by atoms with Gasteiger partial charge in [0.25, 0.3) is 0 Å². The van der Waals surface area contributed by atoms with E-state index in [1.165, 1.54) is 4.88 Å². The second-order valence-electron chi connectivity index (χ2n) is 4.60. The quantitative estimate of drug-likeness (QED) is 0.587. The Hall–Kier alpha value is -1.41. The van der Waals surface area contributed by atoms with Crippen molar-refractivity contribution in [2.45, 2.75) is 20.0 Å². The van der Waals surface area contributed by atoms with E-state index in [-0.39, 0.29) is 0 Å². The first-order valence-electron chi connectivity index (χ1n) is 6.61. The van der Waals surface area contributed by atoms with Gasteiger partial charge in [-0.1, -0.05) is 6.07 Å². The summed E-state index contributed by atoms with van der Waals surface area (Å²) >= 11 is 1.62. The maximum atomic E-state index is 9.36. The Kier molecular flexibility index (Phi) is 5.75. The highest BCUT2D eigenvalue weighted by Gasteiger charge is 2.16. The maximum absolute atomic E-state index is 9.36. The van der Waals surface area contributed by atoms with Gasteiger partial charge in [0.2, 0.25) is 0 Å². The van der Waals surface area contributed by atoms with Gasteiger partial charge in [-0.15, -0.1) is 11.3 Å². The Morgan fingerprint density at radius 3 is 2.76 bits per heavy atom. The zero-order valence-corrected chi connectivity index (χ0v) is 12.9. The monoisotopic (exact) mass is 307 g/mol. The minimum absolute atomic E-state index is 0.308. The molecule has 0 unspecified atom stereocenters. The smallest absolute Gasteiger partial charge is 0.488 e. The molecule has 0 saturated heterocycles. The Morgan fingerprint density at radius 1 is 1.33 bits per heavy atom. The lowest BCUT2D eigenvalue weighted by Gasteiger charge is -2.11. The van der Waals surface area contributed by atoms with Crippen LogP contribution in [0, 0.1) is 6.92 Å². The number of aryl methyl sites for hydroxylation is 1. The van der Waals surface area contributed by atoms with Gasteiger partial charge in [-0.05, 0) is 30.1 Å². The molecule has 1 heterocycles. The zero-order chi connectivity index (χ0) is 15.2. The molecule has 112 valence electrons. The van der Waals surface area contributed by atoms with Crippen molar-refractivity contribution in [1.82, 2.24) is 4.98 Å². The van der Waals surface area contributed by atoms with Gasteiger partial charge in [0, 0.05) is 11.3 Å². The Bertz CT molecular complexity index is 588. The number of rotatable bonds is 7. The molecule has 0 fully saturated rings. The summed E-state index contributed by atoms with van der Waals surface area (Å²) < 4.78 is 10.8. The highest BCUT2D eigenvalue weighted by molar-refractivity contribution is 7.09. The molecular weight excluding hydrogens is 289 g/mol. The van der Waals surface area contributed by atoms with Gasteiger partial charge in [0.05, 0.1) is 31.5 Å². The molecule has 0 spiro atoms. The second-order valence-corrected chi connectivity index (χ2v) is 5.54. The number of aromatic nitrogens is 1. The number of methoxy groups -OCH3 is 1. The highest BCUT2D eigenvalue weighted by Crippen LogP contribution is 2.14. The summed E-state index contributed by atoms with van der Waals surface area (Å²) in [5.41, 5.74) is 4.01. The number of ether oxygens (including phenoxy) is 2. The van der Waals surface area contributed by atoms with Crippen LogP contribution in [0.5, 0.6) is 5.75 Å². The normalized spacial score (nSPS) is 10.7. The van der Waals surface area contributed by atoms with E-state index < -0.39 is 7.12 Å². The Labute approximate surface area is 128 Å². The molecule has 0 aliphatic rings. The zero-order valence-electron chi connectivity index (χ0n) is 12.1. The van der Waals surface area contributed by atoms with Crippen LogP contribution in [0.15, 0.2) is 23.7 Å². The molecule has 0 atom stereocenters. The SMILES string of the molecule is COc1ccc(B(O)O)c(COCCc2scnc2C)c1. The summed E-state index contributed by atoms with van der Waals surface area (Å²) in [5, 5.41) is 18.7. The molecule has 0 radical (unpaired) electrons. The van der Waals surface area contributed by atoms with Crippen LogP contribution in [-0.2, 0) is 17.8 Å². The first-order valence-corrected chi connectivity index (χ1v) is 7.49. The van der Waals surface area contributed by atoms with Crippen molar-refractivity contribution in [2.24, 2.45) is 0 Å². The van der Waals surface area contributed by atoms with Crippen molar-refractivity contribution in [1.29, 1.82) is 0 Å². The van der Waals surface area contributed by atoms with Gasteiger partial charge in [0.15, 0.2) is 0 Å². The van der Waals surface area contributed by atoms with Crippen LogP contribution < -0.4 is 10.2 Å². The predicted octanol–water partition coefficient (Wildman–Crippen LogP) is 0.899. The van der Waals surface area contributed by atoms with Gasteiger partial charge in [-0.2, -0.15) is 0 Å². The number of nitrogens with zero attached hydrogens (tertiary/aromatic N) is 1. The lowest BCUT2D eigenvalue weighted by Crippen LogP contribution is -2.33. The molecule has 2 rings (SSSR count). The molecule has 21 heavy (non-hydrogen) atoms. The first-order chi connectivity index (χ1) is 10.1. The van der Waals surface area contributed by atoms with E-state index >= 15 is 0 Å². The van der Waals surface area contributed by atoms with Crippen LogP contribution in [0.1, 0.15) is 16.1 Å². The Morgan fingerprint density at radius 2 is 2.14 bits per heavy atom. The van der Waals surface area contributed by atoms with Crippen molar-refractivity contribution in [3.63, 3.8) is 0 Å². The predicted molar refractivity (Wildman–Crippen MR) is 83.0 cm³/mol. The third kappa shape index (κ3) is 4.28. The molecule has 1 aromatic carbocycles. The third-order valence-corrected chi connectivity index (χ3v) is 4.20. The summed E-state index contributed by atoms with van der Waals surface area (Å²) in [6, 6.07) is 5.08. The molecule has 0 aliphatic heterocycles. The number of thiazole rings is 1. The third-order valence-electron chi connectivity index (χ3n) is 3.20. The number of hydrogen-bond donors (Lipinski definition) is 2. The van der Waals surface area contributed by atoms with Crippen molar-refractivity contribution in [3.8, 4) is 5.75 Å². The molecule has 7 heteroatoms. The Balaban J connectivity index is 1.94. The maximum Gasteiger partial charge on any atom is 0.488 e. The van der Waals surface area contributed by atoms with Crippen LogP contribution in [0.4, 0.5) is 0 Å². The van der Waals surface area contributed by atoms with E-state index in [0.29, 0.717) is 30.0 Å². The summed E-state index contributed by atoms with van der Waals surface area (Å²) in [7, 11) is 0.0555. The van der Waals surface area contributed by atoms with E-state index in [2.05, 4.69) is 4.98 Å². The molecule has 0 saturated carbocycles. The lowest BCUT2D eigenvalue weighted by atomic mass is 9.77. The molecule has 0 aliphatic carbocycles. The summed E-state index contributed by atoms with van der Waals surface area (Å²) in [6.07, 6.45) is 0.803. The molecular formula is C14H18BNO4S. The lowest BCUT2D eigenvalue weighted by molar-refractivity contribution is 0.124. The highest BCUT2D eigenvalue weighted by atomic mass is 32.1. The fraction of sp³-hybridized carbons (Fsp3) is 0.357. The fourth-order valence-electron chi connectivity index (χ4n) is 2.00. The van der Waals surface area contributed by atoms with Crippen LogP contribution in [0.2, 0.25) is 0 Å². The van der Waals surface area contributed by atoms with Gasteiger partial charge in [0.1, 0.15) is 5.75 Å². The topological polar surface area (TPSA) is 71.8 Å². The van der Waals surface area contributed by atoms with E-state index in [0.717, 1.165) is 12.1 Å². The standard InChI is InChI=1S/C14H18BNO4S/c1-10-14(21-9-16-10)5-6-20-8-11-7-12(19-2)3-4-13(11)15(17)18/h3-4,7,9,17-18H,5-6,8H2,1-2H3. The average molecular weight is 307 g/mol. The minimum atomic E-state index is -1.52. The van der Waals surface area contributed by atoms with Crippen molar-refractivity contribution >= 4 is 23.9 Å². The van der Waals surface area contributed by atoms with E-state index in [1.807, 2.05) is 12.4 Å². The van der Waals surface area contributed by atoms with Crippen molar-refractivity contribution in [3.05, 3.63) is 39.8 Å². The van der Waals surface area contributed by atoms with Gasteiger partial charge in [-0.25, -0.2) is 4.98 Å². The van der Waals surface area contributed by atoms with Crippen LogP contribution in [0.25, 0.3) is 0 Å². The summed E-state index contributed by atoms with van der Waals surface area (Å²) in [4.78, 5) is 5.40. The van der Waals surface area contributed by atoms with Crippen molar-refractivity contribution in [2.75, 3.05) is 13.7 Å². The van der Waals surface area contributed by atoms with E-state index in [9.17, 15) is 10.0 Å². The molecule has 0 amide bonds. The van der Waals surface area contributed by atoms with Crippen LogP contribution >= 0.6 is 11.3 Å². The molecule has 2 aromatic rings. The largest absolute Gasteiger partial charge is 0.497 e. The fourth-order valence-corrected chi connectivity index (χ4v) is 2.76. The van der Waals surface area contributed by atoms with Crippen LogP contribution in [0.3, 0.4) is 0 Å². The second kappa shape index (κ2) is 7.56. The summed E-state index contributed by atoms with van der Waals surface area (Å²) in [5.74, 6) is 0.663. The number of hydrogen-bond acceptors (Lipinski definition) is 6. The minimum Gasteiger partial charge on any atom is -0.497 e. The van der Waals surface area contributed by atoms with E-state index in [4.69, 9.17) is 9.47 Å². The molecule has 1 aromatic heterocycles. The van der Waals surface area contributed by atoms with Crippen molar-refractivity contribution < 1.29 is 19.5 Å². The van der Waals surface area contributed by atoms with Gasteiger partial charge >= 0.3 is 7.12 Å².